The van der Waals surface area contributed by atoms with Crippen LogP contribution in [0.25, 0.3) is 16.8 Å². The Morgan fingerprint density at radius 3 is 3.08 bits per heavy atom. The number of benzene rings is 1. The molecule has 0 aliphatic carbocycles. The maximum absolute atomic E-state index is 5.81. The second-order valence-corrected chi connectivity index (χ2v) is 7.18. The monoisotopic (exact) mass is 336 g/mol. The number of anilines is 1. The molecule has 122 valence electrons. The molecule has 0 saturated heterocycles. The van der Waals surface area contributed by atoms with Gasteiger partial charge < -0.3 is 5.73 Å². The fourth-order valence-corrected chi connectivity index (χ4v) is 4.09. The number of hydrogen-bond acceptors (Lipinski definition) is 5. The zero-order valence-electron chi connectivity index (χ0n) is 13.5. The van der Waals surface area contributed by atoms with Crippen molar-refractivity contribution in [2.24, 2.45) is 0 Å². The van der Waals surface area contributed by atoms with Crippen molar-refractivity contribution in [1.29, 1.82) is 0 Å². The van der Waals surface area contributed by atoms with Crippen LogP contribution in [-0.2, 0) is 12.8 Å². The Hall–Kier alpha value is -2.24. The number of hydrogen-bond donors (Lipinski definition) is 1. The van der Waals surface area contributed by atoms with E-state index in [1.165, 1.54) is 26.9 Å². The second-order valence-electron chi connectivity index (χ2n) is 6.07. The summed E-state index contributed by atoms with van der Waals surface area (Å²) < 4.78 is 0. The number of rotatable bonds is 3. The van der Waals surface area contributed by atoms with Crippen molar-refractivity contribution in [2.75, 3.05) is 25.4 Å². The Kier molecular flexibility index (Phi) is 4.28. The fraction of sp³-hybridized carbons (Fsp3) is 0.263. The van der Waals surface area contributed by atoms with Gasteiger partial charge in [0.2, 0.25) is 0 Å². The smallest absolute Gasteiger partial charge is 0.180 e. The standard InChI is InChI=1S/C19H20N4S/c20-19-22-17-7-11-23(12-8-18(17)24-19)10-2-5-14-3-1-4-15-6-9-21-13-16(14)15/h1-6,9,13H,7-8,10-12H2,(H2,20,22). The van der Waals surface area contributed by atoms with Gasteiger partial charge in [0.1, 0.15) is 0 Å². The van der Waals surface area contributed by atoms with Crippen molar-refractivity contribution in [3.8, 4) is 0 Å². The van der Waals surface area contributed by atoms with E-state index in [9.17, 15) is 0 Å². The maximum atomic E-state index is 5.81. The summed E-state index contributed by atoms with van der Waals surface area (Å²) in [4.78, 5) is 12.5. The van der Waals surface area contributed by atoms with E-state index >= 15 is 0 Å². The Balaban J connectivity index is 1.43. The molecule has 0 fully saturated rings. The quantitative estimate of drug-likeness (QED) is 0.796. The van der Waals surface area contributed by atoms with E-state index in [0.29, 0.717) is 5.13 Å². The number of nitrogens with two attached hydrogens (primary N) is 1. The molecule has 0 radical (unpaired) electrons. The predicted octanol–water partition coefficient (Wildman–Crippen LogP) is 3.39. The number of nitrogen functional groups attached to an aromatic ring is 1. The lowest BCUT2D eigenvalue weighted by Crippen LogP contribution is -2.26. The topological polar surface area (TPSA) is 55.0 Å². The first-order chi connectivity index (χ1) is 11.8. The number of nitrogens with zero attached hydrogens (tertiary/aromatic N) is 3. The molecule has 1 aliphatic rings. The zero-order chi connectivity index (χ0) is 16.4. The summed E-state index contributed by atoms with van der Waals surface area (Å²) in [6, 6.07) is 8.42. The van der Waals surface area contributed by atoms with Crippen LogP contribution in [0.1, 0.15) is 16.1 Å². The van der Waals surface area contributed by atoms with E-state index in [4.69, 9.17) is 5.73 Å². The van der Waals surface area contributed by atoms with Crippen molar-refractivity contribution in [3.63, 3.8) is 0 Å². The third-order valence-corrected chi connectivity index (χ3v) is 5.48. The molecule has 3 aromatic rings. The predicted molar refractivity (Wildman–Crippen MR) is 101 cm³/mol. The molecular formula is C19H20N4S. The lowest BCUT2D eigenvalue weighted by Gasteiger charge is -2.17. The highest BCUT2D eigenvalue weighted by atomic mass is 32.1. The van der Waals surface area contributed by atoms with Crippen LogP contribution in [0.15, 0.2) is 42.7 Å². The van der Waals surface area contributed by atoms with Crippen LogP contribution in [0.3, 0.4) is 0 Å². The molecule has 1 aromatic carbocycles. The van der Waals surface area contributed by atoms with Crippen molar-refractivity contribution in [1.82, 2.24) is 14.9 Å². The van der Waals surface area contributed by atoms with Gasteiger partial charge >= 0.3 is 0 Å². The number of aromatic nitrogens is 2. The highest BCUT2D eigenvalue weighted by molar-refractivity contribution is 7.15. The highest BCUT2D eigenvalue weighted by Gasteiger charge is 2.16. The molecule has 3 heterocycles. The molecule has 2 N–H and O–H groups in total. The molecule has 0 atom stereocenters. The van der Waals surface area contributed by atoms with Crippen LogP contribution in [0.4, 0.5) is 5.13 Å². The summed E-state index contributed by atoms with van der Waals surface area (Å²) in [5.74, 6) is 0. The van der Waals surface area contributed by atoms with E-state index in [2.05, 4.69) is 51.3 Å². The van der Waals surface area contributed by atoms with Crippen LogP contribution < -0.4 is 5.73 Å². The zero-order valence-corrected chi connectivity index (χ0v) is 14.3. The molecule has 0 amide bonds. The van der Waals surface area contributed by atoms with Crippen LogP contribution in [0.2, 0.25) is 0 Å². The third kappa shape index (κ3) is 3.18. The van der Waals surface area contributed by atoms with Gasteiger partial charge in [0.05, 0.1) is 5.69 Å². The van der Waals surface area contributed by atoms with Gasteiger partial charge in [-0.15, -0.1) is 11.3 Å². The number of thiazole rings is 1. The average Bonchev–Trinajstić information content (AvgIpc) is 2.86. The van der Waals surface area contributed by atoms with E-state index in [-0.39, 0.29) is 0 Å². The third-order valence-electron chi connectivity index (χ3n) is 4.49. The first kappa shape index (κ1) is 15.3. The lowest BCUT2D eigenvalue weighted by molar-refractivity contribution is 0.318. The second kappa shape index (κ2) is 6.71. The van der Waals surface area contributed by atoms with Crippen LogP contribution in [0, 0.1) is 0 Å². The van der Waals surface area contributed by atoms with Gasteiger partial charge in [-0.05, 0) is 23.4 Å². The van der Waals surface area contributed by atoms with Crippen LogP contribution in [-0.4, -0.2) is 34.5 Å². The number of pyridine rings is 1. The van der Waals surface area contributed by atoms with Gasteiger partial charge in [-0.2, -0.15) is 0 Å². The molecule has 4 nitrogen and oxygen atoms in total. The first-order valence-corrected chi connectivity index (χ1v) is 9.07. The average molecular weight is 336 g/mol. The van der Waals surface area contributed by atoms with E-state index < -0.39 is 0 Å². The minimum absolute atomic E-state index is 0.706. The van der Waals surface area contributed by atoms with Gasteiger partial charge in [-0.1, -0.05) is 30.4 Å². The van der Waals surface area contributed by atoms with Gasteiger partial charge in [0, 0.05) is 48.7 Å². The van der Waals surface area contributed by atoms with E-state index in [1.54, 1.807) is 11.3 Å². The first-order valence-electron chi connectivity index (χ1n) is 8.25. The summed E-state index contributed by atoms with van der Waals surface area (Å²) in [5.41, 5.74) is 8.24. The Bertz CT molecular complexity index is 853. The Morgan fingerprint density at radius 1 is 1.21 bits per heavy atom. The van der Waals surface area contributed by atoms with Gasteiger partial charge in [0.15, 0.2) is 5.13 Å². The molecule has 24 heavy (non-hydrogen) atoms. The molecule has 1 aliphatic heterocycles. The molecule has 0 saturated carbocycles. The van der Waals surface area contributed by atoms with Crippen molar-refractivity contribution < 1.29 is 0 Å². The maximum Gasteiger partial charge on any atom is 0.180 e. The molecular weight excluding hydrogens is 316 g/mol. The normalized spacial score (nSPS) is 15.7. The molecule has 4 rings (SSSR count). The van der Waals surface area contributed by atoms with Gasteiger partial charge in [0.25, 0.3) is 0 Å². The summed E-state index contributed by atoms with van der Waals surface area (Å²) in [7, 11) is 0. The molecule has 0 spiro atoms. The Labute approximate surface area is 145 Å². The SMILES string of the molecule is Nc1nc2c(s1)CCN(CC=Cc1cccc3ccncc13)CC2. The minimum atomic E-state index is 0.706. The summed E-state index contributed by atoms with van der Waals surface area (Å²) in [6.07, 6.45) is 10.3. The van der Waals surface area contributed by atoms with Gasteiger partial charge in [-0.25, -0.2) is 4.98 Å². The largest absolute Gasteiger partial charge is 0.375 e. The highest BCUT2D eigenvalue weighted by Crippen LogP contribution is 2.24. The van der Waals surface area contributed by atoms with E-state index in [1.807, 2.05) is 12.4 Å². The minimum Gasteiger partial charge on any atom is -0.375 e. The van der Waals surface area contributed by atoms with E-state index in [0.717, 1.165) is 32.5 Å². The van der Waals surface area contributed by atoms with Crippen LogP contribution in [0.5, 0.6) is 0 Å². The lowest BCUT2D eigenvalue weighted by atomic mass is 10.1. The Morgan fingerprint density at radius 2 is 2.12 bits per heavy atom. The molecule has 0 unspecified atom stereocenters. The summed E-state index contributed by atoms with van der Waals surface area (Å²) in [6.45, 7) is 3.06. The molecule has 5 heteroatoms. The van der Waals surface area contributed by atoms with Crippen molar-refractivity contribution in [2.45, 2.75) is 12.8 Å². The fourth-order valence-electron chi connectivity index (χ4n) is 3.22. The van der Waals surface area contributed by atoms with Crippen molar-refractivity contribution >= 4 is 33.3 Å². The number of fused-ring (bicyclic) bond motifs is 2. The molecule has 0 bridgehead atoms. The van der Waals surface area contributed by atoms with Gasteiger partial charge in [-0.3, -0.25) is 9.88 Å². The summed E-state index contributed by atoms with van der Waals surface area (Å²) >= 11 is 1.64. The van der Waals surface area contributed by atoms with Crippen LogP contribution >= 0.6 is 11.3 Å². The summed E-state index contributed by atoms with van der Waals surface area (Å²) in [5, 5.41) is 3.14. The molecule has 2 aromatic heterocycles. The van der Waals surface area contributed by atoms with Crippen molar-refractivity contribution in [3.05, 3.63) is 58.9 Å².